The van der Waals surface area contributed by atoms with Crippen LogP contribution in [0.15, 0.2) is 0 Å². The summed E-state index contributed by atoms with van der Waals surface area (Å²) in [7, 11) is 0. The van der Waals surface area contributed by atoms with E-state index < -0.39 is 12.2 Å². The molecule has 0 aromatic rings. The summed E-state index contributed by atoms with van der Waals surface area (Å²) in [4.78, 5) is 12.1. The van der Waals surface area contributed by atoms with E-state index in [2.05, 4.69) is 6.92 Å². The SMILES string of the molecule is CCCCCCCCCCCCCCCC(C)C(=O)OC(C)C(O)C(C)C. The van der Waals surface area contributed by atoms with E-state index >= 15 is 0 Å². The average molecular weight is 385 g/mol. The second-order valence-corrected chi connectivity index (χ2v) is 8.81. The molecule has 3 atom stereocenters. The summed E-state index contributed by atoms with van der Waals surface area (Å²) in [5.74, 6) is -0.134. The highest BCUT2D eigenvalue weighted by Gasteiger charge is 2.23. The molecule has 0 rings (SSSR count). The molecular weight excluding hydrogens is 336 g/mol. The van der Waals surface area contributed by atoms with Crippen LogP contribution in [0.5, 0.6) is 0 Å². The fraction of sp³-hybridized carbons (Fsp3) is 0.958. The van der Waals surface area contributed by atoms with Gasteiger partial charge in [-0.25, -0.2) is 0 Å². The van der Waals surface area contributed by atoms with E-state index in [1.165, 1.54) is 77.0 Å². The molecule has 0 amide bonds. The highest BCUT2D eigenvalue weighted by atomic mass is 16.6. The van der Waals surface area contributed by atoms with Crippen LogP contribution in [-0.2, 0) is 9.53 Å². The third kappa shape index (κ3) is 15.1. The topological polar surface area (TPSA) is 46.5 Å². The van der Waals surface area contributed by atoms with Gasteiger partial charge in [0.2, 0.25) is 0 Å². The normalized spacial score (nSPS) is 14.9. The van der Waals surface area contributed by atoms with Crippen molar-refractivity contribution in [2.24, 2.45) is 11.8 Å². The Bertz CT molecular complexity index is 341. The number of unbranched alkanes of at least 4 members (excludes halogenated alkanes) is 12. The molecule has 27 heavy (non-hydrogen) atoms. The molecule has 0 radical (unpaired) electrons. The molecule has 3 heteroatoms. The van der Waals surface area contributed by atoms with Gasteiger partial charge >= 0.3 is 5.97 Å². The average Bonchev–Trinajstić information content (AvgIpc) is 2.64. The van der Waals surface area contributed by atoms with Gasteiger partial charge < -0.3 is 9.84 Å². The Labute approximate surface area is 169 Å². The van der Waals surface area contributed by atoms with Crippen molar-refractivity contribution in [2.45, 2.75) is 137 Å². The summed E-state index contributed by atoms with van der Waals surface area (Å²) in [6, 6.07) is 0. The van der Waals surface area contributed by atoms with Crippen LogP contribution < -0.4 is 0 Å². The van der Waals surface area contributed by atoms with Gasteiger partial charge in [0.15, 0.2) is 0 Å². The quantitative estimate of drug-likeness (QED) is 0.203. The molecule has 0 aliphatic rings. The van der Waals surface area contributed by atoms with E-state index in [-0.39, 0.29) is 17.8 Å². The number of aliphatic hydroxyl groups excluding tert-OH is 1. The number of ether oxygens (including phenoxy) is 1. The molecule has 1 N–H and O–H groups in total. The lowest BCUT2D eigenvalue weighted by molar-refractivity contribution is -0.159. The lowest BCUT2D eigenvalue weighted by Crippen LogP contribution is -2.34. The Hall–Kier alpha value is -0.570. The van der Waals surface area contributed by atoms with Gasteiger partial charge in [-0.1, -0.05) is 111 Å². The first-order chi connectivity index (χ1) is 12.9. The smallest absolute Gasteiger partial charge is 0.309 e. The van der Waals surface area contributed by atoms with Crippen molar-refractivity contribution in [2.75, 3.05) is 0 Å². The van der Waals surface area contributed by atoms with Crippen molar-refractivity contribution in [3.8, 4) is 0 Å². The highest BCUT2D eigenvalue weighted by molar-refractivity contribution is 5.72. The monoisotopic (exact) mass is 384 g/mol. The van der Waals surface area contributed by atoms with Gasteiger partial charge in [-0.15, -0.1) is 0 Å². The maximum absolute atomic E-state index is 12.1. The minimum absolute atomic E-state index is 0.0699. The van der Waals surface area contributed by atoms with Gasteiger partial charge in [-0.05, 0) is 19.3 Å². The summed E-state index contributed by atoms with van der Waals surface area (Å²) in [5.41, 5.74) is 0. The molecule has 0 aromatic heterocycles. The molecule has 0 aliphatic carbocycles. The van der Waals surface area contributed by atoms with Crippen LogP contribution in [-0.4, -0.2) is 23.3 Å². The van der Waals surface area contributed by atoms with Crippen molar-refractivity contribution >= 4 is 5.97 Å². The van der Waals surface area contributed by atoms with Crippen molar-refractivity contribution in [1.29, 1.82) is 0 Å². The number of rotatable bonds is 18. The molecule has 0 fully saturated rings. The number of carbonyl (C=O) groups excluding carboxylic acids is 1. The van der Waals surface area contributed by atoms with E-state index in [1.807, 2.05) is 20.8 Å². The number of aliphatic hydroxyl groups is 1. The summed E-state index contributed by atoms with van der Waals surface area (Å²) in [6.45, 7) is 9.86. The third-order valence-electron chi connectivity index (χ3n) is 5.61. The van der Waals surface area contributed by atoms with Gasteiger partial charge in [0.25, 0.3) is 0 Å². The van der Waals surface area contributed by atoms with E-state index in [9.17, 15) is 9.90 Å². The molecule has 0 saturated carbocycles. The van der Waals surface area contributed by atoms with Crippen LogP contribution >= 0.6 is 0 Å². The zero-order valence-corrected chi connectivity index (χ0v) is 19.0. The minimum Gasteiger partial charge on any atom is -0.460 e. The van der Waals surface area contributed by atoms with Crippen LogP contribution in [0.2, 0.25) is 0 Å². The number of carbonyl (C=O) groups is 1. The van der Waals surface area contributed by atoms with Gasteiger partial charge in [0.05, 0.1) is 12.0 Å². The Morgan fingerprint density at radius 2 is 1.15 bits per heavy atom. The fourth-order valence-electron chi connectivity index (χ4n) is 3.50. The molecular formula is C24H48O3. The Morgan fingerprint density at radius 3 is 1.56 bits per heavy atom. The van der Waals surface area contributed by atoms with Crippen LogP contribution in [0, 0.1) is 11.8 Å². The van der Waals surface area contributed by atoms with Crippen molar-refractivity contribution < 1.29 is 14.6 Å². The van der Waals surface area contributed by atoms with E-state index in [0.29, 0.717) is 0 Å². The predicted molar refractivity (Wildman–Crippen MR) is 116 cm³/mol. The largest absolute Gasteiger partial charge is 0.460 e. The first-order valence-corrected chi connectivity index (χ1v) is 11.8. The molecule has 0 saturated heterocycles. The highest BCUT2D eigenvalue weighted by Crippen LogP contribution is 2.17. The molecule has 0 aliphatic heterocycles. The Morgan fingerprint density at radius 1 is 0.741 bits per heavy atom. The van der Waals surface area contributed by atoms with Crippen LogP contribution in [0.1, 0.15) is 125 Å². The van der Waals surface area contributed by atoms with Crippen LogP contribution in [0.25, 0.3) is 0 Å². The standard InChI is InChI=1S/C24H48O3/c1-6-7-8-9-10-11-12-13-14-15-16-17-18-19-21(4)24(26)27-22(5)23(25)20(2)3/h20-23,25H,6-19H2,1-5H3. The molecule has 0 heterocycles. The second kappa shape index (κ2) is 17.5. The molecule has 3 unspecified atom stereocenters. The Balaban J connectivity index is 3.50. The lowest BCUT2D eigenvalue weighted by atomic mass is 10.0. The summed E-state index contributed by atoms with van der Waals surface area (Å²) in [6.07, 6.45) is 17.3. The van der Waals surface area contributed by atoms with Crippen molar-refractivity contribution in [3.05, 3.63) is 0 Å². The summed E-state index contributed by atoms with van der Waals surface area (Å²) in [5, 5.41) is 9.95. The maximum Gasteiger partial charge on any atom is 0.309 e. The molecule has 0 aromatic carbocycles. The molecule has 0 bridgehead atoms. The van der Waals surface area contributed by atoms with E-state index in [4.69, 9.17) is 4.74 Å². The number of hydrogen-bond donors (Lipinski definition) is 1. The zero-order valence-electron chi connectivity index (χ0n) is 19.0. The van der Waals surface area contributed by atoms with Gasteiger partial charge in [-0.2, -0.15) is 0 Å². The van der Waals surface area contributed by atoms with E-state index in [1.54, 1.807) is 6.92 Å². The molecule has 0 spiro atoms. The van der Waals surface area contributed by atoms with E-state index in [0.717, 1.165) is 12.8 Å². The van der Waals surface area contributed by atoms with Gasteiger partial charge in [0.1, 0.15) is 6.10 Å². The van der Waals surface area contributed by atoms with Gasteiger partial charge in [0, 0.05) is 0 Å². The first-order valence-electron chi connectivity index (χ1n) is 11.8. The second-order valence-electron chi connectivity index (χ2n) is 8.81. The van der Waals surface area contributed by atoms with Crippen molar-refractivity contribution in [3.63, 3.8) is 0 Å². The lowest BCUT2D eigenvalue weighted by Gasteiger charge is -2.23. The maximum atomic E-state index is 12.1. The Kier molecular flexibility index (Phi) is 17.2. The minimum atomic E-state index is -0.586. The fourth-order valence-corrected chi connectivity index (χ4v) is 3.50. The zero-order chi connectivity index (χ0) is 20.5. The van der Waals surface area contributed by atoms with Crippen LogP contribution in [0.3, 0.4) is 0 Å². The number of esters is 1. The molecule has 162 valence electrons. The van der Waals surface area contributed by atoms with Crippen LogP contribution in [0.4, 0.5) is 0 Å². The summed E-state index contributed by atoms with van der Waals surface area (Å²) >= 11 is 0. The van der Waals surface area contributed by atoms with Crippen molar-refractivity contribution in [1.82, 2.24) is 0 Å². The summed E-state index contributed by atoms with van der Waals surface area (Å²) < 4.78 is 5.41. The molecule has 3 nitrogen and oxygen atoms in total. The third-order valence-corrected chi connectivity index (χ3v) is 5.61. The first kappa shape index (κ1) is 26.4. The number of hydrogen-bond acceptors (Lipinski definition) is 3. The van der Waals surface area contributed by atoms with Gasteiger partial charge in [-0.3, -0.25) is 4.79 Å². The predicted octanol–water partition coefficient (Wildman–Crippen LogP) is 7.05.